The summed E-state index contributed by atoms with van der Waals surface area (Å²) in [5, 5.41) is 25.8. The third-order valence-electron chi connectivity index (χ3n) is 3.01. The van der Waals surface area contributed by atoms with Gasteiger partial charge in [0, 0.05) is 12.4 Å². The van der Waals surface area contributed by atoms with Crippen molar-refractivity contribution in [3.8, 4) is 0 Å². The van der Waals surface area contributed by atoms with Crippen molar-refractivity contribution in [2.45, 2.75) is 18.6 Å². The van der Waals surface area contributed by atoms with E-state index in [1.165, 1.54) is 0 Å². The number of benzene rings is 1. The van der Waals surface area contributed by atoms with Crippen LogP contribution in [0, 0.1) is 0 Å². The maximum atomic E-state index is 9.20. The Morgan fingerprint density at radius 2 is 1.84 bits per heavy atom. The zero-order chi connectivity index (χ0) is 13.5. The highest BCUT2D eigenvalue weighted by Crippen LogP contribution is 2.15. The predicted molar refractivity (Wildman–Crippen MR) is 72.5 cm³/mol. The first-order valence-electron chi connectivity index (χ1n) is 6.33. The molecule has 0 fully saturated rings. The summed E-state index contributed by atoms with van der Waals surface area (Å²) in [6, 6.07) is 11.5. The lowest BCUT2D eigenvalue weighted by Gasteiger charge is -2.24. The molecule has 1 aromatic carbocycles. The molecule has 0 aliphatic rings. The Hall–Kier alpha value is -1.69. The molecule has 0 spiro atoms. The van der Waals surface area contributed by atoms with Gasteiger partial charge in [0.05, 0.1) is 31.8 Å². The van der Waals surface area contributed by atoms with E-state index in [1.54, 1.807) is 6.20 Å². The number of hydrogen-bond donors (Lipinski definition) is 3. The highest BCUT2D eigenvalue weighted by molar-refractivity contribution is 5.19. The molecule has 1 heterocycles. The SMILES string of the molecule is OCC(CO)N[C@@H](Cn1cccn1)c1ccccc1. The van der Waals surface area contributed by atoms with E-state index >= 15 is 0 Å². The molecule has 19 heavy (non-hydrogen) atoms. The van der Waals surface area contributed by atoms with Crippen molar-refractivity contribution < 1.29 is 10.2 Å². The highest BCUT2D eigenvalue weighted by Gasteiger charge is 2.16. The van der Waals surface area contributed by atoms with Crippen LogP contribution in [0.2, 0.25) is 0 Å². The Balaban J connectivity index is 2.13. The van der Waals surface area contributed by atoms with Crippen LogP contribution in [0.4, 0.5) is 0 Å². The minimum atomic E-state index is -0.333. The Kier molecular flexibility index (Phi) is 5.09. The first-order valence-corrected chi connectivity index (χ1v) is 6.33. The monoisotopic (exact) mass is 261 g/mol. The second kappa shape index (κ2) is 7.04. The summed E-state index contributed by atoms with van der Waals surface area (Å²) in [7, 11) is 0. The van der Waals surface area contributed by atoms with Gasteiger partial charge < -0.3 is 15.5 Å². The molecule has 0 saturated heterocycles. The molecule has 0 saturated carbocycles. The van der Waals surface area contributed by atoms with Gasteiger partial charge in [0.15, 0.2) is 0 Å². The Morgan fingerprint density at radius 1 is 1.11 bits per heavy atom. The summed E-state index contributed by atoms with van der Waals surface area (Å²) in [6.07, 6.45) is 3.63. The molecule has 0 aliphatic heterocycles. The highest BCUT2D eigenvalue weighted by atomic mass is 16.3. The second-order valence-electron chi connectivity index (χ2n) is 4.42. The number of aliphatic hydroxyl groups excluding tert-OH is 2. The van der Waals surface area contributed by atoms with Gasteiger partial charge in [-0.1, -0.05) is 30.3 Å². The first-order chi connectivity index (χ1) is 9.33. The molecular weight excluding hydrogens is 242 g/mol. The zero-order valence-electron chi connectivity index (χ0n) is 10.7. The van der Waals surface area contributed by atoms with Crippen LogP contribution in [-0.4, -0.2) is 39.2 Å². The maximum absolute atomic E-state index is 9.20. The number of nitrogens with one attached hydrogen (secondary N) is 1. The molecule has 0 radical (unpaired) electrons. The normalized spacial score (nSPS) is 12.8. The molecule has 1 atom stereocenters. The summed E-state index contributed by atoms with van der Waals surface area (Å²) >= 11 is 0. The van der Waals surface area contributed by atoms with Crippen LogP contribution in [0.15, 0.2) is 48.8 Å². The van der Waals surface area contributed by atoms with E-state index < -0.39 is 0 Å². The van der Waals surface area contributed by atoms with Gasteiger partial charge in [-0.05, 0) is 11.6 Å². The summed E-state index contributed by atoms with van der Waals surface area (Å²) in [5.41, 5.74) is 1.10. The number of rotatable bonds is 7. The van der Waals surface area contributed by atoms with Gasteiger partial charge >= 0.3 is 0 Å². The molecular formula is C14H19N3O2. The fraction of sp³-hybridized carbons (Fsp3) is 0.357. The van der Waals surface area contributed by atoms with Crippen LogP contribution < -0.4 is 5.32 Å². The van der Waals surface area contributed by atoms with Crippen molar-refractivity contribution >= 4 is 0 Å². The fourth-order valence-corrected chi connectivity index (χ4v) is 1.98. The molecule has 0 unspecified atom stereocenters. The first kappa shape index (κ1) is 13.7. The van der Waals surface area contributed by atoms with Crippen molar-refractivity contribution in [1.82, 2.24) is 15.1 Å². The van der Waals surface area contributed by atoms with Crippen LogP contribution in [0.5, 0.6) is 0 Å². The van der Waals surface area contributed by atoms with Crippen molar-refractivity contribution in [3.63, 3.8) is 0 Å². The smallest absolute Gasteiger partial charge is 0.0607 e. The molecule has 0 aliphatic carbocycles. The summed E-state index contributed by atoms with van der Waals surface area (Å²) in [4.78, 5) is 0. The van der Waals surface area contributed by atoms with Crippen molar-refractivity contribution in [2.75, 3.05) is 13.2 Å². The maximum Gasteiger partial charge on any atom is 0.0607 e. The lowest BCUT2D eigenvalue weighted by molar-refractivity contribution is 0.158. The van der Waals surface area contributed by atoms with E-state index in [0.717, 1.165) is 5.56 Å². The number of nitrogens with zero attached hydrogens (tertiary/aromatic N) is 2. The quantitative estimate of drug-likeness (QED) is 0.681. The molecule has 5 nitrogen and oxygen atoms in total. The summed E-state index contributed by atoms with van der Waals surface area (Å²) in [5.74, 6) is 0. The third kappa shape index (κ3) is 3.89. The van der Waals surface area contributed by atoms with E-state index in [9.17, 15) is 10.2 Å². The molecule has 5 heteroatoms. The van der Waals surface area contributed by atoms with Gasteiger partial charge in [-0.25, -0.2) is 0 Å². The Bertz CT molecular complexity index is 455. The van der Waals surface area contributed by atoms with Gasteiger partial charge in [-0.2, -0.15) is 5.10 Å². The average molecular weight is 261 g/mol. The largest absolute Gasteiger partial charge is 0.395 e. The Labute approximate surface area is 112 Å². The standard InChI is InChI=1S/C14H19N3O2/c18-10-13(11-19)16-14(9-17-8-4-7-15-17)12-5-2-1-3-6-12/h1-8,13-14,16,18-19H,9-11H2/t14-/m0/s1. The van der Waals surface area contributed by atoms with E-state index in [1.807, 2.05) is 47.3 Å². The third-order valence-corrected chi connectivity index (χ3v) is 3.01. The van der Waals surface area contributed by atoms with Crippen molar-refractivity contribution in [1.29, 1.82) is 0 Å². The van der Waals surface area contributed by atoms with E-state index in [4.69, 9.17) is 0 Å². The fourth-order valence-electron chi connectivity index (χ4n) is 1.98. The van der Waals surface area contributed by atoms with Crippen LogP contribution in [0.3, 0.4) is 0 Å². The van der Waals surface area contributed by atoms with Crippen molar-refractivity contribution in [2.24, 2.45) is 0 Å². The molecule has 1 aromatic heterocycles. The van der Waals surface area contributed by atoms with E-state index in [0.29, 0.717) is 6.54 Å². The van der Waals surface area contributed by atoms with Crippen molar-refractivity contribution in [3.05, 3.63) is 54.4 Å². The number of hydrogen-bond acceptors (Lipinski definition) is 4. The van der Waals surface area contributed by atoms with Gasteiger partial charge in [0.1, 0.15) is 0 Å². The van der Waals surface area contributed by atoms with E-state index in [2.05, 4.69) is 10.4 Å². The molecule has 0 amide bonds. The summed E-state index contributed by atoms with van der Waals surface area (Å²) in [6.45, 7) is 0.450. The van der Waals surface area contributed by atoms with Crippen LogP contribution in [0.25, 0.3) is 0 Å². The van der Waals surface area contributed by atoms with E-state index in [-0.39, 0.29) is 25.3 Å². The van der Waals surface area contributed by atoms with Gasteiger partial charge in [0.25, 0.3) is 0 Å². The predicted octanol–water partition coefficient (Wildman–Crippen LogP) is 0.567. The lowest BCUT2D eigenvalue weighted by atomic mass is 10.1. The Morgan fingerprint density at radius 3 is 2.42 bits per heavy atom. The van der Waals surface area contributed by atoms with Gasteiger partial charge in [-0.3, -0.25) is 4.68 Å². The number of aromatic nitrogens is 2. The van der Waals surface area contributed by atoms with Crippen LogP contribution >= 0.6 is 0 Å². The van der Waals surface area contributed by atoms with Gasteiger partial charge in [0.2, 0.25) is 0 Å². The van der Waals surface area contributed by atoms with Gasteiger partial charge in [-0.15, -0.1) is 0 Å². The topological polar surface area (TPSA) is 70.3 Å². The lowest BCUT2D eigenvalue weighted by Crippen LogP contribution is -2.40. The molecule has 3 N–H and O–H groups in total. The van der Waals surface area contributed by atoms with Crippen LogP contribution in [0.1, 0.15) is 11.6 Å². The zero-order valence-corrected chi connectivity index (χ0v) is 10.7. The molecule has 2 aromatic rings. The average Bonchev–Trinajstić information content (AvgIpc) is 2.97. The molecule has 2 rings (SSSR count). The molecule has 0 bridgehead atoms. The summed E-state index contributed by atoms with van der Waals surface area (Å²) < 4.78 is 1.83. The minimum Gasteiger partial charge on any atom is -0.395 e. The number of aliphatic hydroxyl groups is 2. The molecule has 102 valence electrons. The minimum absolute atomic E-state index is 0.00889. The second-order valence-corrected chi connectivity index (χ2v) is 4.42. The van der Waals surface area contributed by atoms with Crippen LogP contribution in [-0.2, 0) is 6.54 Å².